The SMILES string of the molecule is CN1CCC[C@@H]1C(=O)N[C@@H](Cc1cccc2ccccc12)C(=O)NCc1cnc2[nH]ccc2c1. The van der Waals surface area contributed by atoms with Crippen LogP contribution in [-0.4, -0.2) is 52.4 Å². The molecule has 0 aliphatic carbocycles. The number of amides is 2. The Morgan fingerprint density at radius 3 is 2.85 bits per heavy atom. The first-order chi connectivity index (χ1) is 16.6. The Morgan fingerprint density at radius 1 is 1.15 bits per heavy atom. The summed E-state index contributed by atoms with van der Waals surface area (Å²) >= 11 is 0. The normalized spacial score (nSPS) is 17.1. The van der Waals surface area contributed by atoms with Crippen molar-refractivity contribution in [3.8, 4) is 0 Å². The van der Waals surface area contributed by atoms with Gasteiger partial charge in [-0.15, -0.1) is 0 Å². The number of H-pyrrole nitrogens is 1. The number of nitrogens with one attached hydrogen (secondary N) is 3. The topological polar surface area (TPSA) is 90.1 Å². The second-order valence-corrected chi connectivity index (χ2v) is 9.02. The zero-order valence-electron chi connectivity index (χ0n) is 19.3. The summed E-state index contributed by atoms with van der Waals surface area (Å²) in [6, 6.07) is 17.3. The van der Waals surface area contributed by atoms with Gasteiger partial charge in [0.05, 0.1) is 6.04 Å². The molecule has 2 amide bonds. The van der Waals surface area contributed by atoms with Gasteiger partial charge < -0.3 is 15.6 Å². The van der Waals surface area contributed by atoms with Gasteiger partial charge in [-0.05, 0) is 60.5 Å². The third kappa shape index (κ3) is 4.65. The summed E-state index contributed by atoms with van der Waals surface area (Å²) in [5.74, 6) is -0.285. The molecule has 0 unspecified atom stereocenters. The molecule has 0 spiro atoms. The van der Waals surface area contributed by atoms with Gasteiger partial charge in [0, 0.05) is 30.7 Å². The predicted molar refractivity (Wildman–Crippen MR) is 133 cm³/mol. The van der Waals surface area contributed by atoms with E-state index < -0.39 is 6.04 Å². The van der Waals surface area contributed by atoms with Crippen LogP contribution in [0.4, 0.5) is 0 Å². The second kappa shape index (κ2) is 9.65. The molecule has 1 fully saturated rings. The quantitative estimate of drug-likeness (QED) is 0.399. The van der Waals surface area contributed by atoms with Gasteiger partial charge in [-0.3, -0.25) is 14.5 Å². The zero-order chi connectivity index (χ0) is 23.5. The lowest BCUT2D eigenvalue weighted by Crippen LogP contribution is -2.52. The van der Waals surface area contributed by atoms with Crippen molar-refractivity contribution in [2.24, 2.45) is 0 Å². The molecule has 1 aliphatic rings. The van der Waals surface area contributed by atoms with Crippen molar-refractivity contribution >= 4 is 33.6 Å². The van der Waals surface area contributed by atoms with E-state index in [0.717, 1.165) is 52.3 Å². The highest BCUT2D eigenvalue weighted by atomic mass is 16.2. The Hall–Kier alpha value is -3.71. The van der Waals surface area contributed by atoms with Gasteiger partial charge in [0.15, 0.2) is 0 Å². The highest BCUT2D eigenvalue weighted by Gasteiger charge is 2.31. The van der Waals surface area contributed by atoms with E-state index in [4.69, 9.17) is 0 Å². The van der Waals surface area contributed by atoms with Crippen LogP contribution in [0.2, 0.25) is 0 Å². The van der Waals surface area contributed by atoms with Crippen molar-refractivity contribution in [2.45, 2.75) is 37.9 Å². The average Bonchev–Trinajstić information content (AvgIpc) is 3.50. The summed E-state index contributed by atoms with van der Waals surface area (Å²) in [6.45, 7) is 1.24. The summed E-state index contributed by atoms with van der Waals surface area (Å²) < 4.78 is 0. The molecule has 7 nitrogen and oxygen atoms in total. The highest BCUT2D eigenvalue weighted by molar-refractivity contribution is 5.91. The monoisotopic (exact) mass is 455 g/mol. The zero-order valence-corrected chi connectivity index (χ0v) is 19.3. The van der Waals surface area contributed by atoms with E-state index in [1.54, 1.807) is 6.20 Å². The lowest BCUT2D eigenvalue weighted by molar-refractivity contribution is -0.131. The number of nitrogens with zero attached hydrogens (tertiary/aromatic N) is 2. The molecule has 1 saturated heterocycles. The van der Waals surface area contributed by atoms with E-state index >= 15 is 0 Å². The fourth-order valence-corrected chi connectivity index (χ4v) is 4.80. The van der Waals surface area contributed by atoms with Gasteiger partial charge in [0.25, 0.3) is 0 Å². The number of fused-ring (bicyclic) bond motifs is 2. The van der Waals surface area contributed by atoms with Crippen LogP contribution in [0.3, 0.4) is 0 Å². The van der Waals surface area contributed by atoms with Crippen LogP contribution >= 0.6 is 0 Å². The van der Waals surface area contributed by atoms with Crippen LogP contribution < -0.4 is 10.6 Å². The molecule has 7 heteroatoms. The lowest BCUT2D eigenvalue weighted by atomic mass is 9.98. The number of hydrogen-bond acceptors (Lipinski definition) is 4. The smallest absolute Gasteiger partial charge is 0.243 e. The summed E-state index contributed by atoms with van der Waals surface area (Å²) in [5, 5.41) is 9.27. The first kappa shape index (κ1) is 22.1. The number of aromatic nitrogens is 2. The third-order valence-electron chi connectivity index (χ3n) is 6.68. The Kier molecular flexibility index (Phi) is 6.27. The van der Waals surface area contributed by atoms with Gasteiger partial charge in [0.1, 0.15) is 11.7 Å². The third-order valence-corrected chi connectivity index (χ3v) is 6.68. The summed E-state index contributed by atoms with van der Waals surface area (Å²) in [5.41, 5.74) is 2.76. The maximum atomic E-state index is 13.3. The van der Waals surface area contributed by atoms with Gasteiger partial charge in [-0.25, -0.2) is 4.98 Å². The van der Waals surface area contributed by atoms with Crippen molar-refractivity contribution in [1.29, 1.82) is 0 Å². The minimum atomic E-state index is -0.670. The highest BCUT2D eigenvalue weighted by Crippen LogP contribution is 2.21. The van der Waals surface area contributed by atoms with Gasteiger partial charge in [-0.1, -0.05) is 42.5 Å². The maximum absolute atomic E-state index is 13.3. The molecule has 2 aromatic heterocycles. The largest absolute Gasteiger partial charge is 0.350 e. The molecule has 3 N–H and O–H groups in total. The van der Waals surface area contributed by atoms with Crippen molar-refractivity contribution in [3.63, 3.8) is 0 Å². The molecule has 3 heterocycles. The number of likely N-dealkylation sites (N-methyl/N-ethyl adjacent to an activating group) is 1. The molecular formula is C27H29N5O2. The molecule has 174 valence electrons. The van der Waals surface area contributed by atoms with Crippen molar-refractivity contribution in [1.82, 2.24) is 25.5 Å². The second-order valence-electron chi connectivity index (χ2n) is 9.02. The number of benzene rings is 2. The van der Waals surface area contributed by atoms with E-state index in [1.807, 2.05) is 49.6 Å². The van der Waals surface area contributed by atoms with E-state index in [0.29, 0.717) is 13.0 Å². The molecular weight excluding hydrogens is 426 g/mol. The molecule has 0 bridgehead atoms. The first-order valence-corrected chi connectivity index (χ1v) is 11.8. The number of pyridine rings is 1. The van der Waals surface area contributed by atoms with Crippen LogP contribution in [0.15, 0.2) is 67.0 Å². The fourth-order valence-electron chi connectivity index (χ4n) is 4.80. The van der Waals surface area contributed by atoms with Crippen LogP contribution in [0, 0.1) is 0 Å². The summed E-state index contributed by atoms with van der Waals surface area (Å²) in [4.78, 5) is 35.9. The maximum Gasteiger partial charge on any atom is 0.243 e. The minimum Gasteiger partial charge on any atom is -0.350 e. The van der Waals surface area contributed by atoms with Crippen molar-refractivity contribution < 1.29 is 9.59 Å². The van der Waals surface area contributed by atoms with Crippen molar-refractivity contribution in [3.05, 3.63) is 78.1 Å². The van der Waals surface area contributed by atoms with Gasteiger partial charge in [-0.2, -0.15) is 0 Å². The standard InChI is InChI=1S/C27H29N5O2/c1-32-13-5-10-24(32)27(34)31-23(15-20-8-4-7-19-6-2-3-9-22(19)20)26(33)30-17-18-14-21-11-12-28-25(21)29-16-18/h2-4,6-9,11-12,14,16,23-24H,5,10,13,15,17H2,1H3,(H,28,29)(H,30,33)(H,31,34)/t23-,24+/m0/s1. The van der Waals surface area contributed by atoms with Gasteiger partial charge in [0.2, 0.25) is 11.8 Å². The van der Waals surface area contributed by atoms with Crippen LogP contribution in [-0.2, 0) is 22.6 Å². The van der Waals surface area contributed by atoms with E-state index in [9.17, 15) is 9.59 Å². The van der Waals surface area contributed by atoms with Crippen LogP contribution in [0.25, 0.3) is 21.8 Å². The Balaban J connectivity index is 1.35. The molecule has 34 heavy (non-hydrogen) atoms. The fraction of sp³-hybridized carbons (Fsp3) is 0.296. The number of aromatic amines is 1. The average molecular weight is 456 g/mol. The van der Waals surface area contributed by atoms with E-state index in [1.165, 1.54) is 0 Å². The van der Waals surface area contributed by atoms with Crippen LogP contribution in [0.5, 0.6) is 0 Å². The van der Waals surface area contributed by atoms with Crippen LogP contribution in [0.1, 0.15) is 24.0 Å². The van der Waals surface area contributed by atoms with E-state index in [2.05, 4.69) is 43.7 Å². The summed E-state index contributed by atoms with van der Waals surface area (Å²) in [6.07, 6.45) is 5.82. The van der Waals surface area contributed by atoms with E-state index in [-0.39, 0.29) is 17.9 Å². The molecule has 2 aromatic carbocycles. The number of hydrogen-bond donors (Lipinski definition) is 3. The molecule has 4 aromatic rings. The van der Waals surface area contributed by atoms with Crippen molar-refractivity contribution in [2.75, 3.05) is 13.6 Å². The molecule has 5 rings (SSSR count). The Bertz CT molecular complexity index is 1330. The Labute approximate surface area is 198 Å². The number of likely N-dealkylation sites (tertiary alicyclic amines) is 1. The summed E-state index contributed by atoms with van der Waals surface area (Å²) in [7, 11) is 1.96. The predicted octanol–water partition coefficient (Wildman–Crippen LogP) is 3.15. The Morgan fingerprint density at radius 2 is 2.00 bits per heavy atom. The number of carbonyl (C=O) groups is 2. The molecule has 0 saturated carbocycles. The number of rotatable bonds is 7. The minimum absolute atomic E-state index is 0.0872. The lowest BCUT2D eigenvalue weighted by Gasteiger charge is -2.24. The molecule has 2 atom stereocenters. The first-order valence-electron chi connectivity index (χ1n) is 11.8. The van der Waals surface area contributed by atoms with Gasteiger partial charge >= 0.3 is 0 Å². The molecule has 1 aliphatic heterocycles. The number of carbonyl (C=O) groups excluding carboxylic acids is 2. The molecule has 0 radical (unpaired) electrons.